The van der Waals surface area contributed by atoms with Crippen LogP contribution in [0.25, 0.3) is 0 Å². The summed E-state index contributed by atoms with van der Waals surface area (Å²) in [5, 5.41) is 0. The molecule has 0 aliphatic heterocycles. The maximum absolute atomic E-state index is 12.5. The van der Waals surface area contributed by atoms with Gasteiger partial charge in [-0.15, -0.1) is 0 Å². The monoisotopic (exact) mass is 258 g/mol. The number of carbonyl (C=O) groups is 2. The molecule has 0 amide bonds. The van der Waals surface area contributed by atoms with E-state index in [0.29, 0.717) is 23.9 Å². The van der Waals surface area contributed by atoms with Crippen molar-refractivity contribution in [2.24, 2.45) is 22.7 Å². The van der Waals surface area contributed by atoms with Gasteiger partial charge in [0.05, 0.1) is 0 Å². The first kappa shape index (κ1) is 11.9. The first-order valence-electron chi connectivity index (χ1n) is 7.83. The number of carbonyl (C=O) groups excluding carboxylic acids is 2. The molecule has 0 N–H and O–H groups in total. The molecular weight excluding hydrogens is 236 g/mol. The van der Waals surface area contributed by atoms with E-state index in [1.54, 1.807) is 0 Å². The van der Waals surface area contributed by atoms with Crippen LogP contribution in [0.4, 0.5) is 0 Å². The fourth-order valence-corrected chi connectivity index (χ4v) is 5.93. The van der Waals surface area contributed by atoms with Crippen LogP contribution < -0.4 is 0 Å². The van der Waals surface area contributed by atoms with Gasteiger partial charge in [0.25, 0.3) is 0 Å². The summed E-state index contributed by atoms with van der Waals surface area (Å²) in [5.74, 6) is 1.61. The van der Waals surface area contributed by atoms with Gasteiger partial charge in [-0.3, -0.25) is 9.59 Å². The van der Waals surface area contributed by atoms with E-state index in [1.807, 2.05) is 0 Å². The summed E-state index contributed by atoms with van der Waals surface area (Å²) >= 11 is 0. The summed E-state index contributed by atoms with van der Waals surface area (Å²) in [4.78, 5) is 24.5. The predicted molar refractivity (Wildman–Crippen MR) is 72.6 cm³/mol. The van der Waals surface area contributed by atoms with Gasteiger partial charge in [-0.1, -0.05) is 13.0 Å². The summed E-state index contributed by atoms with van der Waals surface area (Å²) in [5.41, 5.74) is 1.47. The number of Topliss-reactive ketones (excluding diaryl/α,β-unsaturated/α-hetero) is 2. The van der Waals surface area contributed by atoms with Crippen LogP contribution in [0.1, 0.15) is 58.3 Å². The van der Waals surface area contributed by atoms with Gasteiger partial charge in [-0.05, 0) is 55.4 Å². The van der Waals surface area contributed by atoms with E-state index in [4.69, 9.17) is 0 Å². The van der Waals surface area contributed by atoms with Crippen molar-refractivity contribution in [2.45, 2.75) is 58.3 Å². The summed E-state index contributed by atoms with van der Waals surface area (Å²) in [6.07, 6.45) is 10.2. The second-order valence-corrected chi connectivity index (χ2v) is 7.43. The number of hydrogen-bond donors (Lipinski definition) is 0. The van der Waals surface area contributed by atoms with Crippen LogP contribution in [-0.2, 0) is 9.59 Å². The Kier molecular flexibility index (Phi) is 2.24. The number of hydrogen-bond acceptors (Lipinski definition) is 2. The van der Waals surface area contributed by atoms with Crippen molar-refractivity contribution < 1.29 is 9.59 Å². The molecule has 3 fully saturated rings. The number of ketones is 2. The Balaban J connectivity index is 1.86. The van der Waals surface area contributed by atoms with Crippen molar-refractivity contribution in [1.82, 2.24) is 0 Å². The Morgan fingerprint density at radius 3 is 2.95 bits per heavy atom. The molecule has 4 aliphatic carbocycles. The van der Waals surface area contributed by atoms with Gasteiger partial charge in [0.2, 0.25) is 0 Å². The average molecular weight is 258 g/mol. The van der Waals surface area contributed by atoms with Crippen LogP contribution in [-0.4, -0.2) is 11.6 Å². The highest BCUT2D eigenvalue weighted by Crippen LogP contribution is 2.69. The van der Waals surface area contributed by atoms with E-state index in [-0.39, 0.29) is 16.7 Å². The third-order valence-electron chi connectivity index (χ3n) is 6.89. The van der Waals surface area contributed by atoms with Gasteiger partial charge in [-0.2, -0.15) is 0 Å². The summed E-state index contributed by atoms with van der Waals surface area (Å²) in [6, 6.07) is 0. The molecule has 1 spiro atoms. The Labute approximate surface area is 114 Å². The van der Waals surface area contributed by atoms with Gasteiger partial charge < -0.3 is 0 Å². The lowest BCUT2D eigenvalue weighted by molar-refractivity contribution is -0.131. The maximum Gasteiger partial charge on any atom is 0.159 e. The Morgan fingerprint density at radius 2 is 2.11 bits per heavy atom. The van der Waals surface area contributed by atoms with Crippen molar-refractivity contribution in [3.63, 3.8) is 0 Å². The first-order chi connectivity index (χ1) is 9.07. The molecule has 0 heterocycles. The Hall–Kier alpha value is -0.920. The molecule has 4 atom stereocenters. The van der Waals surface area contributed by atoms with Crippen molar-refractivity contribution in [3.05, 3.63) is 11.6 Å². The largest absolute Gasteiger partial charge is 0.299 e. The van der Waals surface area contributed by atoms with E-state index < -0.39 is 0 Å². The normalized spacial score (nSPS) is 48.6. The maximum atomic E-state index is 12.5. The highest BCUT2D eigenvalue weighted by molar-refractivity contribution is 5.98. The van der Waals surface area contributed by atoms with Gasteiger partial charge >= 0.3 is 0 Å². The number of fused-ring (bicyclic) bond motifs is 2. The molecule has 0 aromatic heterocycles. The van der Waals surface area contributed by atoms with Crippen molar-refractivity contribution >= 4 is 11.6 Å². The molecular formula is C17H22O2. The highest BCUT2D eigenvalue weighted by atomic mass is 16.1. The number of allylic oxidation sites excluding steroid dienone is 2. The molecule has 2 heteroatoms. The Morgan fingerprint density at radius 1 is 1.26 bits per heavy atom. The van der Waals surface area contributed by atoms with Crippen molar-refractivity contribution in [1.29, 1.82) is 0 Å². The van der Waals surface area contributed by atoms with Crippen LogP contribution in [0.2, 0.25) is 0 Å². The molecule has 19 heavy (non-hydrogen) atoms. The molecule has 2 bridgehead atoms. The molecule has 1 unspecified atom stereocenters. The lowest BCUT2D eigenvalue weighted by Gasteiger charge is -2.56. The minimum atomic E-state index is 0.0701. The molecule has 0 saturated heterocycles. The minimum Gasteiger partial charge on any atom is -0.299 e. The SMILES string of the molecule is C[C@]12CCCC=C1C(=O)C[C@H]1CC3C[C@@]12CCC3=O. The van der Waals surface area contributed by atoms with Crippen LogP contribution in [0, 0.1) is 22.7 Å². The lowest BCUT2D eigenvalue weighted by atomic mass is 9.46. The summed E-state index contributed by atoms with van der Waals surface area (Å²) < 4.78 is 0. The van der Waals surface area contributed by atoms with E-state index in [2.05, 4.69) is 13.0 Å². The van der Waals surface area contributed by atoms with Gasteiger partial charge in [0.15, 0.2) is 5.78 Å². The van der Waals surface area contributed by atoms with E-state index in [9.17, 15) is 9.59 Å². The molecule has 2 nitrogen and oxygen atoms in total. The van der Waals surface area contributed by atoms with Crippen molar-refractivity contribution in [2.75, 3.05) is 0 Å². The molecule has 0 aromatic carbocycles. The van der Waals surface area contributed by atoms with Crippen molar-refractivity contribution in [3.8, 4) is 0 Å². The molecule has 3 saturated carbocycles. The summed E-state index contributed by atoms with van der Waals surface area (Å²) in [7, 11) is 0. The quantitative estimate of drug-likeness (QED) is 0.667. The van der Waals surface area contributed by atoms with Gasteiger partial charge in [0, 0.05) is 24.2 Å². The third-order valence-corrected chi connectivity index (χ3v) is 6.89. The average Bonchev–Trinajstić information content (AvgIpc) is 2.71. The van der Waals surface area contributed by atoms with Crippen LogP contribution in [0.5, 0.6) is 0 Å². The van der Waals surface area contributed by atoms with Gasteiger partial charge in [0.1, 0.15) is 5.78 Å². The topological polar surface area (TPSA) is 34.1 Å². The molecule has 4 rings (SSSR count). The highest BCUT2D eigenvalue weighted by Gasteiger charge is 2.64. The van der Waals surface area contributed by atoms with Crippen LogP contribution >= 0.6 is 0 Å². The standard InChI is InChI=1S/C17H22O2/c1-16-6-3-2-4-13(16)15(19)9-12-8-11-10-17(12,16)7-5-14(11)18/h4,11-12H,2-3,5-10H2,1H3/t11?,12-,16+,17+/m1/s1. The zero-order chi connectivity index (χ0) is 13.3. The first-order valence-corrected chi connectivity index (χ1v) is 7.83. The molecule has 102 valence electrons. The molecule has 0 aromatic rings. The lowest BCUT2D eigenvalue weighted by Crippen LogP contribution is -2.52. The zero-order valence-electron chi connectivity index (χ0n) is 11.7. The van der Waals surface area contributed by atoms with E-state index in [1.165, 1.54) is 6.42 Å². The fourth-order valence-electron chi connectivity index (χ4n) is 5.93. The predicted octanol–water partition coefficient (Wildman–Crippen LogP) is 3.45. The molecule has 0 radical (unpaired) electrons. The third kappa shape index (κ3) is 1.28. The Bertz CT molecular complexity index is 503. The van der Waals surface area contributed by atoms with Crippen LogP contribution in [0.3, 0.4) is 0 Å². The van der Waals surface area contributed by atoms with E-state index >= 15 is 0 Å². The van der Waals surface area contributed by atoms with Crippen LogP contribution in [0.15, 0.2) is 11.6 Å². The second kappa shape index (κ2) is 3.59. The number of rotatable bonds is 0. The second-order valence-electron chi connectivity index (χ2n) is 7.43. The summed E-state index contributed by atoms with van der Waals surface area (Å²) in [6.45, 7) is 2.33. The minimum absolute atomic E-state index is 0.0701. The molecule has 4 aliphatic rings. The van der Waals surface area contributed by atoms with Gasteiger partial charge in [-0.25, -0.2) is 0 Å². The smallest absolute Gasteiger partial charge is 0.159 e. The van der Waals surface area contributed by atoms with E-state index in [0.717, 1.165) is 44.1 Å². The fraction of sp³-hybridized carbons (Fsp3) is 0.765. The zero-order valence-corrected chi connectivity index (χ0v) is 11.7.